The Kier molecular flexibility index (Phi) is 7.99. The zero-order valence-electron chi connectivity index (χ0n) is 20.6. The number of nitrogens with zero attached hydrogens (tertiary/aromatic N) is 1. The Morgan fingerprint density at radius 1 is 1.16 bits per heavy atom. The summed E-state index contributed by atoms with van der Waals surface area (Å²) in [7, 11) is -4.44. The number of hydrogen-bond donors (Lipinski definition) is 0. The molecule has 0 amide bonds. The molecule has 37 heavy (non-hydrogen) atoms. The van der Waals surface area contributed by atoms with E-state index in [1.807, 2.05) is 0 Å². The van der Waals surface area contributed by atoms with Crippen molar-refractivity contribution in [3.05, 3.63) is 59.7 Å². The van der Waals surface area contributed by atoms with Crippen LogP contribution in [0.4, 0.5) is 18.9 Å². The van der Waals surface area contributed by atoms with Crippen LogP contribution in [-0.2, 0) is 21.2 Å². The predicted molar refractivity (Wildman–Crippen MR) is 134 cm³/mol. The third-order valence-corrected chi connectivity index (χ3v) is 8.69. The van der Waals surface area contributed by atoms with Crippen LogP contribution in [0.5, 0.6) is 5.75 Å². The number of rotatable bonds is 8. The zero-order valence-corrected chi connectivity index (χ0v) is 21.4. The van der Waals surface area contributed by atoms with Gasteiger partial charge in [0.1, 0.15) is 5.75 Å². The van der Waals surface area contributed by atoms with Gasteiger partial charge < -0.3 is 9.47 Å². The Morgan fingerprint density at radius 2 is 1.89 bits per heavy atom. The molecular weight excluding hydrogens is 507 g/mol. The molecule has 0 saturated carbocycles. The summed E-state index contributed by atoms with van der Waals surface area (Å²) < 4.78 is 80.2. The van der Waals surface area contributed by atoms with E-state index in [-0.39, 0.29) is 34.2 Å². The van der Waals surface area contributed by atoms with Crippen molar-refractivity contribution in [1.29, 1.82) is 0 Å². The Balaban J connectivity index is 1.71. The highest BCUT2D eigenvalue weighted by molar-refractivity contribution is 7.92. The summed E-state index contributed by atoms with van der Waals surface area (Å²) in [6.07, 6.45) is -2.27. The van der Waals surface area contributed by atoms with Gasteiger partial charge in [-0.2, -0.15) is 13.2 Å². The number of benzene rings is 2. The molecule has 1 saturated heterocycles. The summed E-state index contributed by atoms with van der Waals surface area (Å²) in [6, 6.07) is 7.47. The van der Waals surface area contributed by atoms with E-state index >= 15 is 0 Å². The fourth-order valence-electron chi connectivity index (χ4n) is 4.87. The minimum atomic E-state index is -4.55. The van der Waals surface area contributed by atoms with Crippen LogP contribution in [0.15, 0.2) is 47.9 Å². The molecule has 2 aromatic carbocycles. The van der Waals surface area contributed by atoms with Gasteiger partial charge in [0.25, 0.3) is 10.0 Å². The minimum absolute atomic E-state index is 0.0121. The maximum Gasteiger partial charge on any atom is 0.391 e. The average molecular weight is 538 g/mol. The van der Waals surface area contributed by atoms with Gasteiger partial charge in [0.2, 0.25) is 0 Å². The summed E-state index contributed by atoms with van der Waals surface area (Å²) in [6.45, 7) is 6.63. The van der Waals surface area contributed by atoms with Crippen LogP contribution in [0, 0.1) is 5.92 Å². The van der Waals surface area contributed by atoms with Crippen molar-refractivity contribution in [3.8, 4) is 5.75 Å². The van der Waals surface area contributed by atoms with Crippen LogP contribution in [-0.4, -0.2) is 46.2 Å². The second kappa shape index (κ2) is 10.9. The molecule has 0 aromatic heterocycles. The molecule has 2 aliphatic rings. The molecule has 10 heteroatoms. The Morgan fingerprint density at radius 3 is 2.54 bits per heavy atom. The number of carbonyl (C=O) groups excluding carboxylic acids is 1. The van der Waals surface area contributed by atoms with E-state index in [0.717, 1.165) is 22.7 Å². The van der Waals surface area contributed by atoms with Crippen LogP contribution in [0.25, 0.3) is 6.08 Å². The molecule has 0 radical (unpaired) electrons. The second-order valence-electron chi connectivity index (χ2n) is 9.49. The van der Waals surface area contributed by atoms with Crippen LogP contribution in [0.1, 0.15) is 54.1 Å². The van der Waals surface area contributed by atoms with Crippen LogP contribution >= 0.6 is 0 Å². The molecule has 1 fully saturated rings. The smallest absolute Gasteiger partial charge is 0.391 e. The molecule has 2 aromatic rings. The van der Waals surface area contributed by atoms with Gasteiger partial charge in [-0.1, -0.05) is 18.7 Å². The van der Waals surface area contributed by atoms with Crippen LogP contribution in [0.3, 0.4) is 0 Å². The molecular formula is C27H30F3NO5S. The summed E-state index contributed by atoms with van der Waals surface area (Å²) in [5, 5.41) is 0. The van der Waals surface area contributed by atoms with E-state index in [1.54, 1.807) is 18.2 Å². The Labute approximate surface area is 215 Å². The largest absolute Gasteiger partial charge is 0.493 e. The first-order valence-corrected chi connectivity index (χ1v) is 13.7. The van der Waals surface area contributed by atoms with E-state index < -0.39 is 34.4 Å². The highest BCUT2D eigenvalue weighted by Crippen LogP contribution is 2.40. The number of anilines is 1. The first-order valence-electron chi connectivity index (χ1n) is 12.2. The monoisotopic (exact) mass is 537 g/mol. The van der Waals surface area contributed by atoms with Crippen molar-refractivity contribution >= 4 is 27.6 Å². The van der Waals surface area contributed by atoms with Gasteiger partial charge in [-0.15, -0.1) is 0 Å². The topological polar surface area (TPSA) is 72.9 Å². The highest BCUT2D eigenvalue weighted by atomic mass is 32.2. The van der Waals surface area contributed by atoms with Crippen molar-refractivity contribution in [3.63, 3.8) is 0 Å². The SMILES string of the molecule is C=Cc1ccc2c(c1)CC[C@@H](CC(F)(F)F)N2S(=O)(=O)c1ccc(OCC2CCOCC2)c(C(C)=O)c1. The lowest BCUT2D eigenvalue weighted by molar-refractivity contribution is -0.138. The van der Waals surface area contributed by atoms with E-state index in [9.17, 15) is 26.4 Å². The lowest BCUT2D eigenvalue weighted by atomic mass is 9.94. The normalized spacial score (nSPS) is 18.8. The number of aryl methyl sites for hydroxylation is 1. The molecule has 0 bridgehead atoms. The van der Waals surface area contributed by atoms with Crippen molar-refractivity contribution in [2.75, 3.05) is 24.1 Å². The predicted octanol–water partition coefficient (Wildman–Crippen LogP) is 5.80. The first kappa shape index (κ1) is 27.2. The number of fused-ring (bicyclic) bond motifs is 1. The maximum absolute atomic E-state index is 13.9. The third-order valence-electron chi connectivity index (χ3n) is 6.82. The van der Waals surface area contributed by atoms with Gasteiger partial charge in [0.05, 0.1) is 35.2 Å². The number of carbonyl (C=O) groups is 1. The fraction of sp³-hybridized carbons (Fsp3) is 0.444. The van der Waals surface area contributed by atoms with Gasteiger partial charge >= 0.3 is 6.18 Å². The van der Waals surface area contributed by atoms with Crippen molar-refractivity contribution in [2.24, 2.45) is 5.92 Å². The molecule has 200 valence electrons. The van der Waals surface area contributed by atoms with Gasteiger partial charge in [-0.25, -0.2) is 8.42 Å². The Hall–Kier alpha value is -2.85. The molecule has 6 nitrogen and oxygen atoms in total. The number of Topliss-reactive ketones (excluding diaryl/α,β-unsaturated/α-hetero) is 1. The molecule has 2 heterocycles. The van der Waals surface area contributed by atoms with Gasteiger partial charge in [-0.3, -0.25) is 9.10 Å². The van der Waals surface area contributed by atoms with Crippen molar-refractivity contribution in [1.82, 2.24) is 0 Å². The molecule has 1 atom stereocenters. The molecule has 0 N–H and O–H groups in total. The first-order chi connectivity index (χ1) is 17.5. The number of hydrogen-bond acceptors (Lipinski definition) is 5. The van der Waals surface area contributed by atoms with Crippen LogP contribution in [0.2, 0.25) is 0 Å². The van der Waals surface area contributed by atoms with E-state index in [2.05, 4.69) is 6.58 Å². The van der Waals surface area contributed by atoms with E-state index in [4.69, 9.17) is 9.47 Å². The molecule has 0 spiro atoms. The molecule has 0 unspecified atom stereocenters. The zero-order chi connectivity index (χ0) is 26.8. The third kappa shape index (κ3) is 6.18. The Bertz CT molecular complexity index is 1270. The maximum atomic E-state index is 13.9. The van der Waals surface area contributed by atoms with Crippen molar-refractivity contribution in [2.45, 2.75) is 56.1 Å². The number of sulfonamides is 1. The lowest BCUT2D eigenvalue weighted by Crippen LogP contribution is -2.45. The van der Waals surface area contributed by atoms with Crippen molar-refractivity contribution < 1.29 is 35.9 Å². The molecule has 0 aliphatic carbocycles. The number of halogens is 3. The molecule has 2 aliphatic heterocycles. The van der Waals surface area contributed by atoms with E-state index in [1.165, 1.54) is 31.2 Å². The number of ether oxygens (including phenoxy) is 2. The van der Waals surface area contributed by atoms with Crippen LogP contribution < -0.4 is 9.04 Å². The lowest BCUT2D eigenvalue weighted by Gasteiger charge is -2.38. The summed E-state index contributed by atoms with van der Waals surface area (Å²) in [4.78, 5) is 12.2. The molecule has 4 rings (SSSR count). The summed E-state index contributed by atoms with van der Waals surface area (Å²) >= 11 is 0. The number of ketones is 1. The quantitative estimate of drug-likeness (QED) is 0.398. The van der Waals surface area contributed by atoms with Gasteiger partial charge in [0, 0.05) is 13.2 Å². The number of alkyl halides is 3. The summed E-state index contributed by atoms with van der Waals surface area (Å²) in [5.74, 6) is 0.102. The second-order valence-corrected chi connectivity index (χ2v) is 11.3. The fourth-order valence-corrected chi connectivity index (χ4v) is 6.61. The minimum Gasteiger partial charge on any atom is -0.493 e. The standard InChI is InChI=1S/C27H30F3NO5S/c1-3-19-4-8-25-21(14-19)5-6-22(16-27(28,29)30)31(25)37(33,34)23-7-9-26(24(15-23)18(2)32)36-17-20-10-12-35-13-11-20/h3-4,7-9,14-15,20,22H,1,5-6,10-13,16-17H2,2H3/t22-/m0/s1. The summed E-state index contributed by atoms with van der Waals surface area (Å²) in [5.41, 5.74) is 1.65. The van der Waals surface area contributed by atoms with Gasteiger partial charge in [-0.05, 0) is 80.0 Å². The highest BCUT2D eigenvalue weighted by Gasteiger charge is 2.42. The van der Waals surface area contributed by atoms with Gasteiger partial charge in [0.15, 0.2) is 5.78 Å². The van der Waals surface area contributed by atoms with E-state index in [0.29, 0.717) is 31.8 Å². The average Bonchev–Trinajstić information content (AvgIpc) is 2.86.